The van der Waals surface area contributed by atoms with Gasteiger partial charge in [-0.1, -0.05) is 36.4 Å². The van der Waals surface area contributed by atoms with Crippen molar-refractivity contribution in [3.05, 3.63) is 48.0 Å². The molecule has 0 aromatic heterocycles. The first-order chi connectivity index (χ1) is 9.99. The van der Waals surface area contributed by atoms with Crippen molar-refractivity contribution >= 4 is 28.6 Å². The summed E-state index contributed by atoms with van der Waals surface area (Å²) < 4.78 is 0. The van der Waals surface area contributed by atoms with Crippen LogP contribution < -0.4 is 5.32 Å². The molecule has 108 valence electrons. The quantitative estimate of drug-likeness (QED) is 0.773. The van der Waals surface area contributed by atoms with Gasteiger partial charge >= 0.3 is 11.9 Å². The molecule has 2 aromatic carbocycles. The summed E-state index contributed by atoms with van der Waals surface area (Å²) in [4.78, 5) is 33.8. The second kappa shape index (κ2) is 6.04. The third-order valence-electron chi connectivity index (χ3n) is 3.02. The number of hydrogen-bond donors (Lipinski definition) is 3. The van der Waals surface area contributed by atoms with Crippen LogP contribution in [0.3, 0.4) is 0 Å². The highest BCUT2D eigenvalue weighted by Crippen LogP contribution is 2.18. The molecule has 0 fully saturated rings. The highest BCUT2D eigenvalue weighted by molar-refractivity contribution is 6.08. The first kappa shape index (κ1) is 14.5. The molecule has 0 unspecified atom stereocenters. The number of carbonyl (C=O) groups excluding carboxylic acids is 1. The van der Waals surface area contributed by atoms with Crippen LogP contribution in [0.1, 0.15) is 16.8 Å². The van der Waals surface area contributed by atoms with E-state index in [1.54, 1.807) is 24.3 Å². The maximum Gasteiger partial charge on any atom is 0.326 e. The van der Waals surface area contributed by atoms with Crippen molar-refractivity contribution in [3.8, 4) is 0 Å². The zero-order valence-corrected chi connectivity index (χ0v) is 10.9. The maximum absolute atomic E-state index is 12.2. The van der Waals surface area contributed by atoms with Gasteiger partial charge in [-0.2, -0.15) is 0 Å². The lowest BCUT2D eigenvalue weighted by Gasteiger charge is -2.13. The van der Waals surface area contributed by atoms with Crippen molar-refractivity contribution in [2.45, 2.75) is 12.5 Å². The molecule has 0 radical (unpaired) electrons. The number of benzene rings is 2. The second-order valence-electron chi connectivity index (χ2n) is 4.49. The van der Waals surface area contributed by atoms with E-state index in [1.807, 2.05) is 18.2 Å². The van der Waals surface area contributed by atoms with Gasteiger partial charge in [-0.3, -0.25) is 9.59 Å². The molecule has 3 N–H and O–H groups in total. The Morgan fingerprint density at radius 3 is 2.33 bits per heavy atom. The third kappa shape index (κ3) is 3.36. The molecule has 0 aliphatic heterocycles. The number of aliphatic carboxylic acids is 2. The maximum atomic E-state index is 12.2. The normalized spacial score (nSPS) is 11.8. The fourth-order valence-electron chi connectivity index (χ4n) is 2.03. The van der Waals surface area contributed by atoms with Crippen molar-refractivity contribution in [2.75, 3.05) is 0 Å². The number of carbonyl (C=O) groups is 3. The molecule has 2 aromatic rings. The van der Waals surface area contributed by atoms with Crippen LogP contribution in [0.15, 0.2) is 42.5 Å². The molecule has 0 heterocycles. The molecule has 0 aliphatic rings. The topological polar surface area (TPSA) is 104 Å². The number of fused-ring (bicyclic) bond motifs is 1. The number of hydrogen-bond acceptors (Lipinski definition) is 3. The van der Waals surface area contributed by atoms with Crippen LogP contribution in [0.4, 0.5) is 0 Å². The SMILES string of the molecule is O=C(O)C[C@H](NC(=O)c1cccc2ccccc12)C(=O)O. The number of carboxylic acids is 2. The van der Waals surface area contributed by atoms with Gasteiger partial charge in [0.05, 0.1) is 6.42 Å². The molecule has 0 saturated carbocycles. The van der Waals surface area contributed by atoms with E-state index in [9.17, 15) is 14.4 Å². The molecule has 0 bridgehead atoms. The molecule has 0 aliphatic carbocycles. The largest absolute Gasteiger partial charge is 0.481 e. The molecule has 6 heteroatoms. The van der Waals surface area contributed by atoms with Crippen LogP contribution in [-0.2, 0) is 9.59 Å². The molecule has 1 amide bonds. The minimum Gasteiger partial charge on any atom is -0.481 e. The van der Waals surface area contributed by atoms with Crippen LogP contribution in [0.25, 0.3) is 10.8 Å². The summed E-state index contributed by atoms with van der Waals surface area (Å²) in [5.74, 6) is -3.29. The number of rotatable bonds is 5. The van der Waals surface area contributed by atoms with Crippen molar-refractivity contribution in [2.24, 2.45) is 0 Å². The summed E-state index contributed by atoms with van der Waals surface area (Å²) in [6.07, 6.45) is -0.675. The minimum atomic E-state index is -1.46. The van der Waals surface area contributed by atoms with E-state index in [0.29, 0.717) is 10.9 Å². The van der Waals surface area contributed by atoms with E-state index in [1.165, 1.54) is 0 Å². The molecule has 6 nitrogen and oxygen atoms in total. The van der Waals surface area contributed by atoms with Gasteiger partial charge in [-0.15, -0.1) is 0 Å². The Hall–Kier alpha value is -2.89. The lowest BCUT2D eigenvalue weighted by molar-refractivity contribution is -0.145. The van der Waals surface area contributed by atoms with Crippen LogP contribution in [-0.4, -0.2) is 34.1 Å². The van der Waals surface area contributed by atoms with Crippen molar-refractivity contribution in [3.63, 3.8) is 0 Å². The molecule has 0 saturated heterocycles. The van der Waals surface area contributed by atoms with Gasteiger partial charge < -0.3 is 15.5 Å². The van der Waals surface area contributed by atoms with Crippen LogP contribution in [0.2, 0.25) is 0 Å². The Kier molecular flexibility index (Phi) is 4.18. The van der Waals surface area contributed by atoms with Gasteiger partial charge in [0.1, 0.15) is 6.04 Å². The molecular weight excluding hydrogens is 274 g/mol. The van der Waals surface area contributed by atoms with E-state index < -0.39 is 30.3 Å². The fraction of sp³-hybridized carbons (Fsp3) is 0.133. The first-order valence-corrected chi connectivity index (χ1v) is 6.22. The zero-order chi connectivity index (χ0) is 15.4. The Bertz CT molecular complexity index is 705. The molecular formula is C15H13NO5. The molecule has 2 rings (SSSR count). The monoisotopic (exact) mass is 287 g/mol. The Labute approximate surface area is 120 Å². The lowest BCUT2D eigenvalue weighted by atomic mass is 10.0. The number of amides is 1. The smallest absolute Gasteiger partial charge is 0.326 e. The standard InChI is InChI=1S/C15H13NO5/c17-13(18)8-12(15(20)21)16-14(19)11-7-3-5-9-4-1-2-6-10(9)11/h1-7,12H,8H2,(H,16,19)(H,17,18)(H,20,21)/t12-/m0/s1. The summed E-state index contributed by atoms with van der Waals surface area (Å²) in [6.45, 7) is 0. The summed E-state index contributed by atoms with van der Waals surface area (Å²) in [5, 5.41) is 21.4. The average molecular weight is 287 g/mol. The predicted molar refractivity (Wildman–Crippen MR) is 75.1 cm³/mol. The summed E-state index contributed by atoms with van der Waals surface area (Å²) in [7, 11) is 0. The van der Waals surface area contributed by atoms with Gasteiger partial charge in [-0.25, -0.2) is 4.79 Å². The highest BCUT2D eigenvalue weighted by atomic mass is 16.4. The summed E-state index contributed by atoms with van der Waals surface area (Å²) in [6, 6.07) is 10.8. The first-order valence-electron chi connectivity index (χ1n) is 6.22. The van der Waals surface area contributed by atoms with Crippen molar-refractivity contribution < 1.29 is 24.6 Å². The third-order valence-corrected chi connectivity index (χ3v) is 3.02. The van der Waals surface area contributed by atoms with Crippen LogP contribution in [0, 0.1) is 0 Å². The van der Waals surface area contributed by atoms with E-state index in [0.717, 1.165) is 5.39 Å². The Morgan fingerprint density at radius 1 is 1.00 bits per heavy atom. The zero-order valence-electron chi connectivity index (χ0n) is 10.9. The lowest BCUT2D eigenvalue weighted by Crippen LogP contribution is -2.42. The van der Waals surface area contributed by atoms with Crippen LogP contribution >= 0.6 is 0 Å². The van der Waals surface area contributed by atoms with Crippen molar-refractivity contribution in [1.82, 2.24) is 5.32 Å². The van der Waals surface area contributed by atoms with E-state index in [2.05, 4.69) is 5.32 Å². The molecule has 21 heavy (non-hydrogen) atoms. The average Bonchev–Trinajstić information content (AvgIpc) is 2.45. The van der Waals surface area contributed by atoms with Gasteiger partial charge in [0.15, 0.2) is 0 Å². The highest BCUT2D eigenvalue weighted by Gasteiger charge is 2.24. The van der Waals surface area contributed by atoms with Gasteiger partial charge in [0.2, 0.25) is 0 Å². The van der Waals surface area contributed by atoms with Gasteiger partial charge in [-0.05, 0) is 16.8 Å². The fourth-order valence-corrected chi connectivity index (χ4v) is 2.03. The number of nitrogens with one attached hydrogen (secondary N) is 1. The van der Waals surface area contributed by atoms with Gasteiger partial charge in [0, 0.05) is 5.56 Å². The summed E-state index contributed by atoms with van der Waals surface area (Å²) >= 11 is 0. The summed E-state index contributed by atoms with van der Waals surface area (Å²) in [5.41, 5.74) is 0.310. The second-order valence-corrected chi connectivity index (χ2v) is 4.49. The van der Waals surface area contributed by atoms with Gasteiger partial charge in [0.25, 0.3) is 5.91 Å². The van der Waals surface area contributed by atoms with Crippen molar-refractivity contribution in [1.29, 1.82) is 0 Å². The Balaban J connectivity index is 2.29. The van der Waals surface area contributed by atoms with E-state index in [4.69, 9.17) is 10.2 Å². The van der Waals surface area contributed by atoms with E-state index >= 15 is 0 Å². The minimum absolute atomic E-state index is 0.310. The molecule has 1 atom stereocenters. The van der Waals surface area contributed by atoms with E-state index in [-0.39, 0.29) is 0 Å². The predicted octanol–water partition coefficient (Wildman–Crippen LogP) is 1.50. The Morgan fingerprint density at radius 2 is 1.67 bits per heavy atom. The van der Waals surface area contributed by atoms with Crippen LogP contribution in [0.5, 0.6) is 0 Å². The number of carboxylic acid groups (broad SMARTS) is 2. The molecule has 0 spiro atoms.